The summed E-state index contributed by atoms with van der Waals surface area (Å²) in [7, 11) is 3.22. The zero-order valence-electron chi connectivity index (χ0n) is 25.5. The second kappa shape index (κ2) is 14.1. The third-order valence-electron chi connectivity index (χ3n) is 7.38. The summed E-state index contributed by atoms with van der Waals surface area (Å²) in [5.74, 6) is 0.0721. The van der Waals surface area contributed by atoms with Crippen molar-refractivity contribution in [2.24, 2.45) is 0 Å². The van der Waals surface area contributed by atoms with Crippen LogP contribution in [0.2, 0.25) is 0 Å². The van der Waals surface area contributed by atoms with Gasteiger partial charge in [0.05, 0.1) is 11.8 Å². The number of pyridine rings is 2. The van der Waals surface area contributed by atoms with Crippen molar-refractivity contribution >= 4 is 23.5 Å². The van der Waals surface area contributed by atoms with Crippen LogP contribution in [-0.4, -0.2) is 88.7 Å². The molecule has 0 saturated carbocycles. The minimum atomic E-state index is -0.945. The number of nitrogens with one attached hydrogen (secondary N) is 1. The van der Waals surface area contributed by atoms with E-state index in [1.807, 2.05) is 4.90 Å². The summed E-state index contributed by atoms with van der Waals surface area (Å²) in [6.07, 6.45) is 8.68. The number of carbonyl (C=O) groups is 3. The van der Waals surface area contributed by atoms with Gasteiger partial charge in [0.25, 0.3) is 11.8 Å². The summed E-state index contributed by atoms with van der Waals surface area (Å²) in [4.78, 5) is 50.4. The molecule has 3 amide bonds. The van der Waals surface area contributed by atoms with Crippen LogP contribution in [0.25, 0.3) is 0 Å². The number of hydrogen-bond donors (Lipinski definition) is 1. The lowest BCUT2D eigenvalue weighted by molar-refractivity contribution is -0.129. The molecule has 0 aliphatic carbocycles. The van der Waals surface area contributed by atoms with E-state index in [4.69, 9.17) is 11.2 Å². The number of benzene rings is 1. The van der Waals surface area contributed by atoms with E-state index in [9.17, 15) is 18.8 Å². The van der Waals surface area contributed by atoms with E-state index >= 15 is 4.39 Å². The number of rotatable bonds is 9. The van der Waals surface area contributed by atoms with Crippen LogP contribution in [0.15, 0.2) is 55.4 Å². The molecule has 1 aromatic carbocycles. The summed E-state index contributed by atoms with van der Waals surface area (Å²) >= 11 is 0. The molecule has 0 spiro atoms. The molecule has 1 N–H and O–H groups in total. The number of piperazine rings is 1. The van der Waals surface area contributed by atoms with Crippen molar-refractivity contribution in [1.29, 1.82) is 0 Å². The molecular weight excluding hydrogens is 582 g/mol. The van der Waals surface area contributed by atoms with E-state index in [1.54, 1.807) is 51.0 Å². The Morgan fingerprint density at radius 1 is 1.13 bits per heavy atom. The number of aryl methyl sites for hydroxylation is 2. The Hall–Kier alpha value is -5.15. The molecular formula is C33H34F2N6O4. The van der Waals surface area contributed by atoms with Crippen LogP contribution in [0, 0.1) is 37.8 Å². The molecule has 0 radical (unpaired) electrons. The normalized spacial score (nSPS) is 15.5. The van der Waals surface area contributed by atoms with E-state index in [-0.39, 0.29) is 29.9 Å². The van der Waals surface area contributed by atoms with Crippen molar-refractivity contribution in [3.05, 3.63) is 95.0 Å². The van der Waals surface area contributed by atoms with E-state index in [2.05, 4.69) is 27.8 Å². The highest BCUT2D eigenvalue weighted by Gasteiger charge is 2.30. The lowest BCUT2D eigenvalue weighted by Crippen LogP contribution is -2.55. The first-order chi connectivity index (χ1) is 21.4. The van der Waals surface area contributed by atoms with Gasteiger partial charge >= 0.3 is 0 Å². The zero-order valence-corrected chi connectivity index (χ0v) is 25.5. The lowest BCUT2D eigenvalue weighted by atomic mass is 10.0. The highest BCUT2D eigenvalue weighted by atomic mass is 19.1. The van der Waals surface area contributed by atoms with Gasteiger partial charge < -0.3 is 19.9 Å². The maximum Gasteiger partial charge on any atom is 0.278 e. The number of ether oxygens (including phenoxy) is 1. The Labute approximate surface area is 260 Å². The lowest BCUT2D eigenvalue weighted by Gasteiger charge is -2.39. The minimum absolute atomic E-state index is 0.0184. The third kappa shape index (κ3) is 7.69. The standard InChI is InChI=1S/C33H34F2N6O4/c1-7-24-18-40(11-12-41(24)29(42)8-2)19-28(22-10-9-20(3)26(34)14-22)45-25-15-27(35)30(36-17-25)32(43)38-31-21(4)13-23(16-37-31)33(44)39(5)6/h1,8-10,13-17,24,28H,2,11-12,18-19H2,3-6H3,(H,37,38,43)/t24-,28-/m1/s1. The van der Waals surface area contributed by atoms with Crippen molar-refractivity contribution in [3.8, 4) is 18.1 Å². The molecule has 10 nitrogen and oxygen atoms in total. The number of amides is 3. The number of anilines is 1. The number of carbonyl (C=O) groups excluding carboxylic acids is 3. The summed E-state index contributed by atoms with van der Waals surface area (Å²) in [6, 6.07) is 6.80. The van der Waals surface area contributed by atoms with Crippen molar-refractivity contribution in [3.63, 3.8) is 0 Å². The molecule has 0 bridgehead atoms. The van der Waals surface area contributed by atoms with Crippen LogP contribution in [0.5, 0.6) is 5.75 Å². The van der Waals surface area contributed by atoms with Gasteiger partial charge in [-0.1, -0.05) is 24.6 Å². The van der Waals surface area contributed by atoms with Gasteiger partial charge in [-0.2, -0.15) is 0 Å². The Kier molecular flexibility index (Phi) is 10.3. The second-order valence-electron chi connectivity index (χ2n) is 10.8. The molecule has 12 heteroatoms. The third-order valence-corrected chi connectivity index (χ3v) is 7.38. The Morgan fingerprint density at radius 2 is 1.89 bits per heavy atom. The average molecular weight is 617 g/mol. The van der Waals surface area contributed by atoms with Gasteiger partial charge in [-0.3, -0.25) is 19.3 Å². The molecule has 4 rings (SSSR count). The van der Waals surface area contributed by atoms with Gasteiger partial charge in [-0.25, -0.2) is 18.7 Å². The Bertz CT molecular complexity index is 1670. The predicted molar refractivity (Wildman–Crippen MR) is 165 cm³/mol. The molecule has 1 saturated heterocycles. The average Bonchev–Trinajstić information content (AvgIpc) is 3.02. The largest absolute Gasteiger partial charge is 0.483 e. The van der Waals surface area contributed by atoms with Gasteiger partial charge in [0.15, 0.2) is 11.5 Å². The number of hydrogen-bond acceptors (Lipinski definition) is 7. The van der Waals surface area contributed by atoms with E-state index in [0.717, 1.165) is 6.07 Å². The maximum atomic E-state index is 15.2. The van der Waals surface area contributed by atoms with Crippen LogP contribution in [0.4, 0.5) is 14.6 Å². The first kappa shape index (κ1) is 32.8. The van der Waals surface area contributed by atoms with Crippen LogP contribution in [0.1, 0.15) is 43.6 Å². The molecule has 234 valence electrons. The van der Waals surface area contributed by atoms with Crippen molar-refractivity contribution in [2.45, 2.75) is 26.0 Å². The van der Waals surface area contributed by atoms with Gasteiger partial charge in [0, 0.05) is 52.5 Å². The highest BCUT2D eigenvalue weighted by Crippen LogP contribution is 2.27. The molecule has 45 heavy (non-hydrogen) atoms. The highest BCUT2D eigenvalue weighted by molar-refractivity contribution is 6.03. The summed E-state index contributed by atoms with van der Waals surface area (Å²) in [6.45, 7) is 8.24. The monoisotopic (exact) mass is 616 g/mol. The first-order valence-electron chi connectivity index (χ1n) is 14.1. The molecule has 0 unspecified atom stereocenters. The molecule has 1 aliphatic rings. The number of halogens is 2. The van der Waals surface area contributed by atoms with Crippen molar-refractivity contribution in [1.82, 2.24) is 24.7 Å². The smallest absolute Gasteiger partial charge is 0.278 e. The second-order valence-corrected chi connectivity index (χ2v) is 10.8. The topological polar surface area (TPSA) is 108 Å². The summed E-state index contributed by atoms with van der Waals surface area (Å²) in [5, 5.41) is 2.52. The Morgan fingerprint density at radius 3 is 2.51 bits per heavy atom. The molecule has 3 heterocycles. The molecule has 3 aromatic rings. The van der Waals surface area contributed by atoms with E-state index in [0.29, 0.717) is 41.9 Å². The fourth-order valence-electron chi connectivity index (χ4n) is 4.85. The van der Waals surface area contributed by atoms with Gasteiger partial charge in [0.2, 0.25) is 5.91 Å². The van der Waals surface area contributed by atoms with Crippen molar-refractivity contribution in [2.75, 3.05) is 45.6 Å². The van der Waals surface area contributed by atoms with Gasteiger partial charge in [-0.15, -0.1) is 6.42 Å². The Balaban J connectivity index is 1.52. The van der Waals surface area contributed by atoms with Crippen LogP contribution >= 0.6 is 0 Å². The quantitative estimate of drug-likeness (QED) is 0.288. The number of terminal acetylenes is 1. The molecule has 1 aliphatic heterocycles. The van der Waals surface area contributed by atoms with E-state index < -0.39 is 35.4 Å². The minimum Gasteiger partial charge on any atom is -0.483 e. The molecule has 1 fully saturated rings. The van der Waals surface area contributed by atoms with Crippen LogP contribution in [-0.2, 0) is 4.79 Å². The molecule has 2 aromatic heterocycles. The van der Waals surface area contributed by atoms with Crippen LogP contribution in [0.3, 0.4) is 0 Å². The maximum absolute atomic E-state index is 15.2. The van der Waals surface area contributed by atoms with E-state index in [1.165, 1.54) is 29.4 Å². The fraction of sp³-hybridized carbons (Fsp3) is 0.303. The number of nitrogens with zero attached hydrogens (tertiary/aromatic N) is 5. The fourth-order valence-corrected chi connectivity index (χ4v) is 4.85. The SMILES string of the molecule is C#C[C@@H]1CN(C[C@@H](Oc2cnc(C(=O)Nc3ncc(C(=O)N(C)C)cc3C)c(F)c2)c2ccc(C)c(F)c2)CCN1C(=O)C=C. The molecule has 2 atom stereocenters. The number of aromatic nitrogens is 2. The zero-order chi connectivity index (χ0) is 32.8. The predicted octanol–water partition coefficient (Wildman–Crippen LogP) is 3.78. The van der Waals surface area contributed by atoms with Crippen LogP contribution < -0.4 is 10.1 Å². The first-order valence-corrected chi connectivity index (χ1v) is 14.1. The summed E-state index contributed by atoms with van der Waals surface area (Å²) < 4.78 is 35.9. The van der Waals surface area contributed by atoms with Gasteiger partial charge in [-0.05, 0) is 48.7 Å². The van der Waals surface area contributed by atoms with Crippen molar-refractivity contribution < 1.29 is 27.9 Å². The summed E-state index contributed by atoms with van der Waals surface area (Å²) in [5.41, 5.74) is 1.31. The van der Waals surface area contributed by atoms with Gasteiger partial charge in [0.1, 0.15) is 29.5 Å².